The molecule has 2 aliphatic rings. The molecule has 1 aromatic rings. The molecule has 6 nitrogen and oxygen atoms in total. The van der Waals surface area contributed by atoms with Crippen LogP contribution < -0.4 is 10.2 Å². The van der Waals surface area contributed by atoms with E-state index in [9.17, 15) is 19.1 Å². The first-order valence-corrected chi connectivity index (χ1v) is 8.65. The van der Waals surface area contributed by atoms with E-state index in [0.717, 1.165) is 13.0 Å². The number of rotatable bonds is 4. The lowest BCUT2D eigenvalue weighted by molar-refractivity contribution is -0.147. The molecule has 2 saturated heterocycles. The van der Waals surface area contributed by atoms with E-state index >= 15 is 0 Å². The van der Waals surface area contributed by atoms with E-state index in [2.05, 4.69) is 5.32 Å². The van der Waals surface area contributed by atoms with Crippen LogP contribution in [-0.2, 0) is 4.79 Å². The maximum Gasteiger partial charge on any atom is 0.317 e. The monoisotopic (exact) mass is 349 g/mol. The average molecular weight is 349 g/mol. The number of aliphatic carboxylic acids is 1. The normalized spacial score (nSPS) is 26.1. The Morgan fingerprint density at radius 2 is 2.12 bits per heavy atom. The summed E-state index contributed by atoms with van der Waals surface area (Å²) in [6, 6.07) is 6.51. The molecule has 2 aliphatic heterocycles. The van der Waals surface area contributed by atoms with Crippen LogP contribution in [0.2, 0.25) is 0 Å². The van der Waals surface area contributed by atoms with E-state index in [1.165, 1.54) is 6.07 Å². The van der Waals surface area contributed by atoms with Gasteiger partial charge in [0.25, 0.3) is 0 Å². The molecule has 7 heteroatoms. The summed E-state index contributed by atoms with van der Waals surface area (Å²) in [7, 11) is 0. The molecular formula is C18H24FN3O3. The van der Waals surface area contributed by atoms with E-state index in [0.29, 0.717) is 31.7 Å². The van der Waals surface area contributed by atoms with Gasteiger partial charge < -0.3 is 20.2 Å². The molecule has 0 radical (unpaired) electrons. The number of likely N-dealkylation sites (tertiary alicyclic amines) is 1. The van der Waals surface area contributed by atoms with Crippen LogP contribution in [0.15, 0.2) is 24.3 Å². The van der Waals surface area contributed by atoms with Crippen molar-refractivity contribution in [3.8, 4) is 0 Å². The molecule has 0 saturated carbocycles. The number of carboxylic acids is 1. The second-order valence-electron chi connectivity index (χ2n) is 7.28. The molecule has 2 heterocycles. The lowest BCUT2D eigenvalue weighted by Crippen LogP contribution is -2.42. The zero-order valence-electron chi connectivity index (χ0n) is 14.4. The van der Waals surface area contributed by atoms with Gasteiger partial charge in [0, 0.05) is 32.7 Å². The summed E-state index contributed by atoms with van der Waals surface area (Å²) in [5.74, 6) is -0.826. The third-order valence-electron chi connectivity index (χ3n) is 5.30. The highest BCUT2D eigenvalue weighted by atomic mass is 19.1. The molecule has 0 bridgehead atoms. The minimum absolute atomic E-state index is 0.214. The Morgan fingerprint density at radius 3 is 2.80 bits per heavy atom. The first-order chi connectivity index (χ1) is 11.9. The maximum absolute atomic E-state index is 13.9. The SMILES string of the molecule is CC1(C(=O)O)CCN(C(=O)NCC2CCN(c3ccccc3F)C2)C1. The molecule has 3 rings (SSSR count). The Morgan fingerprint density at radius 1 is 1.36 bits per heavy atom. The number of para-hydroxylation sites is 1. The zero-order chi connectivity index (χ0) is 18.0. The molecule has 0 aromatic heterocycles. The first-order valence-electron chi connectivity index (χ1n) is 8.65. The summed E-state index contributed by atoms with van der Waals surface area (Å²) < 4.78 is 13.9. The number of halogens is 1. The number of carboxylic acid groups (broad SMARTS) is 1. The summed E-state index contributed by atoms with van der Waals surface area (Å²) in [6.45, 7) is 4.35. The predicted molar refractivity (Wildman–Crippen MR) is 92.1 cm³/mol. The fraction of sp³-hybridized carbons (Fsp3) is 0.556. The topological polar surface area (TPSA) is 72.9 Å². The zero-order valence-corrected chi connectivity index (χ0v) is 14.4. The summed E-state index contributed by atoms with van der Waals surface area (Å²) >= 11 is 0. The molecule has 25 heavy (non-hydrogen) atoms. The molecule has 2 N–H and O–H groups in total. The van der Waals surface area contributed by atoms with Crippen LogP contribution in [0.3, 0.4) is 0 Å². The van der Waals surface area contributed by atoms with Crippen LogP contribution in [0.5, 0.6) is 0 Å². The fourth-order valence-electron chi connectivity index (χ4n) is 3.58. The minimum Gasteiger partial charge on any atom is -0.481 e. The van der Waals surface area contributed by atoms with Gasteiger partial charge in [-0.3, -0.25) is 4.79 Å². The van der Waals surface area contributed by atoms with Crippen LogP contribution in [0, 0.1) is 17.2 Å². The molecule has 0 spiro atoms. The van der Waals surface area contributed by atoms with Crippen molar-refractivity contribution in [3.63, 3.8) is 0 Å². The maximum atomic E-state index is 13.9. The van der Waals surface area contributed by atoms with E-state index in [4.69, 9.17) is 0 Å². The summed E-state index contributed by atoms with van der Waals surface area (Å²) in [4.78, 5) is 27.1. The third kappa shape index (κ3) is 3.70. The number of anilines is 1. The number of nitrogens with zero attached hydrogens (tertiary/aromatic N) is 2. The highest BCUT2D eigenvalue weighted by Crippen LogP contribution is 2.30. The number of hydrogen-bond acceptors (Lipinski definition) is 3. The van der Waals surface area contributed by atoms with Crippen molar-refractivity contribution in [2.24, 2.45) is 11.3 Å². The molecule has 136 valence electrons. The Balaban J connectivity index is 1.48. The summed E-state index contributed by atoms with van der Waals surface area (Å²) in [5.41, 5.74) is -0.250. The highest BCUT2D eigenvalue weighted by molar-refractivity contribution is 5.79. The Labute approximate surface area is 146 Å². The number of benzene rings is 1. The van der Waals surface area contributed by atoms with Crippen molar-refractivity contribution in [1.29, 1.82) is 0 Å². The number of amides is 2. The lowest BCUT2D eigenvalue weighted by atomic mass is 9.90. The lowest BCUT2D eigenvalue weighted by Gasteiger charge is -2.22. The number of urea groups is 1. The molecule has 2 fully saturated rings. The van der Waals surface area contributed by atoms with Crippen LogP contribution >= 0.6 is 0 Å². The van der Waals surface area contributed by atoms with Gasteiger partial charge in [-0.25, -0.2) is 9.18 Å². The van der Waals surface area contributed by atoms with Crippen molar-refractivity contribution < 1.29 is 19.1 Å². The number of carbonyl (C=O) groups is 2. The van der Waals surface area contributed by atoms with Gasteiger partial charge in [0.2, 0.25) is 0 Å². The van der Waals surface area contributed by atoms with Crippen molar-refractivity contribution in [3.05, 3.63) is 30.1 Å². The second-order valence-corrected chi connectivity index (χ2v) is 7.28. The van der Waals surface area contributed by atoms with E-state index < -0.39 is 11.4 Å². The highest BCUT2D eigenvalue weighted by Gasteiger charge is 2.42. The number of nitrogens with one attached hydrogen (secondary N) is 1. The Bertz CT molecular complexity index is 669. The van der Waals surface area contributed by atoms with E-state index in [1.54, 1.807) is 24.0 Å². The van der Waals surface area contributed by atoms with Gasteiger partial charge in [-0.05, 0) is 37.8 Å². The number of carbonyl (C=O) groups excluding carboxylic acids is 1. The van der Waals surface area contributed by atoms with Gasteiger partial charge >= 0.3 is 12.0 Å². The molecule has 2 atom stereocenters. The van der Waals surface area contributed by atoms with Gasteiger partial charge in [0.1, 0.15) is 5.82 Å². The quantitative estimate of drug-likeness (QED) is 0.874. The van der Waals surface area contributed by atoms with Crippen molar-refractivity contribution in [1.82, 2.24) is 10.2 Å². The molecule has 2 unspecified atom stereocenters. The van der Waals surface area contributed by atoms with E-state index in [1.807, 2.05) is 11.0 Å². The average Bonchev–Trinajstić information content (AvgIpc) is 3.21. The van der Waals surface area contributed by atoms with Gasteiger partial charge in [-0.1, -0.05) is 12.1 Å². The largest absolute Gasteiger partial charge is 0.481 e. The fourth-order valence-corrected chi connectivity index (χ4v) is 3.58. The van der Waals surface area contributed by atoms with Gasteiger partial charge in [0.05, 0.1) is 11.1 Å². The van der Waals surface area contributed by atoms with E-state index in [-0.39, 0.29) is 24.3 Å². The molecular weight excluding hydrogens is 325 g/mol. The van der Waals surface area contributed by atoms with Gasteiger partial charge in [-0.15, -0.1) is 0 Å². The van der Waals surface area contributed by atoms with Gasteiger partial charge in [-0.2, -0.15) is 0 Å². The Hall–Kier alpha value is -2.31. The predicted octanol–water partition coefficient (Wildman–Crippen LogP) is 2.16. The standard InChI is InChI=1S/C18H24FN3O3/c1-18(16(23)24)7-9-22(12-18)17(25)20-10-13-6-8-21(11-13)15-5-3-2-4-14(15)19/h2-5,13H,6-12H2,1H3,(H,20,25)(H,23,24). The van der Waals surface area contributed by atoms with Gasteiger partial charge in [0.15, 0.2) is 0 Å². The third-order valence-corrected chi connectivity index (χ3v) is 5.30. The van der Waals surface area contributed by atoms with Crippen LogP contribution in [0.1, 0.15) is 19.8 Å². The second kappa shape index (κ2) is 6.90. The summed E-state index contributed by atoms with van der Waals surface area (Å²) in [5, 5.41) is 12.1. The smallest absolute Gasteiger partial charge is 0.317 e. The van der Waals surface area contributed by atoms with Crippen molar-refractivity contribution in [2.75, 3.05) is 37.6 Å². The molecule has 2 amide bonds. The molecule has 0 aliphatic carbocycles. The minimum atomic E-state index is -0.862. The van der Waals surface area contributed by atoms with Crippen molar-refractivity contribution in [2.45, 2.75) is 19.8 Å². The molecule has 1 aromatic carbocycles. The Kier molecular flexibility index (Phi) is 4.83. The van der Waals surface area contributed by atoms with Crippen LogP contribution in [0.4, 0.5) is 14.9 Å². The van der Waals surface area contributed by atoms with Crippen LogP contribution in [-0.4, -0.2) is 54.7 Å². The summed E-state index contributed by atoms with van der Waals surface area (Å²) in [6.07, 6.45) is 1.36. The first kappa shape index (κ1) is 17.5. The van der Waals surface area contributed by atoms with Crippen molar-refractivity contribution >= 4 is 17.7 Å². The number of hydrogen-bond donors (Lipinski definition) is 2. The van der Waals surface area contributed by atoms with Crippen LogP contribution in [0.25, 0.3) is 0 Å².